The van der Waals surface area contributed by atoms with Crippen LogP contribution in [-0.4, -0.2) is 24.8 Å². The molecule has 1 aliphatic rings. The number of anilines is 2. The number of pyridine rings is 1. The first kappa shape index (κ1) is 24.4. The molecule has 0 amide bonds. The fraction of sp³-hybridized carbons (Fsp3) is 0.120. The minimum absolute atomic E-state index is 0.343. The minimum Gasteiger partial charge on any atom is -0.459 e. The van der Waals surface area contributed by atoms with E-state index in [4.69, 9.17) is 16.6 Å². The number of halogens is 2. The lowest BCUT2D eigenvalue weighted by molar-refractivity contribution is 0.438. The molecular formula is C25H20BrFN4O3S2. The molecule has 2 aromatic carbocycles. The quantitative estimate of drug-likeness (QED) is 0.276. The molecule has 1 fully saturated rings. The van der Waals surface area contributed by atoms with E-state index in [1.807, 2.05) is 23.1 Å². The van der Waals surface area contributed by atoms with Crippen molar-refractivity contribution in [1.29, 1.82) is 0 Å². The molecule has 4 aromatic rings. The third-order valence-corrected chi connectivity index (χ3v) is 7.08. The van der Waals surface area contributed by atoms with Crippen LogP contribution in [0, 0.1) is 5.82 Å². The topological polar surface area (TPSA) is 87.5 Å². The first-order valence-corrected chi connectivity index (χ1v) is 13.9. The molecule has 0 radical (unpaired) electrons. The highest BCUT2D eigenvalue weighted by Gasteiger charge is 2.42. The Morgan fingerprint density at radius 2 is 1.89 bits per heavy atom. The van der Waals surface area contributed by atoms with Crippen LogP contribution in [0.2, 0.25) is 0 Å². The van der Waals surface area contributed by atoms with Crippen molar-refractivity contribution in [3.05, 3.63) is 101 Å². The summed E-state index contributed by atoms with van der Waals surface area (Å²) in [6, 6.07) is 20.0. The standard InChI is InChI=1S/C25H20BrFN4O3S2/c1-36(32,33)30-16-6-8-17(9-7-16)31-24(23(29-25(31)35)20-4-2-3-13-28-20)22-12-11-21(34-22)18-10-5-15(26)14-19(18)27/h2-14,23-24,30H,1H3,(H,29,35)/t23-,24+/m1/s1. The van der Waals surface area contributed by atoms with Crippen LogP contribution >= 0.6 is 28.1 Å². The van der Waals surface area contributed by atoms with E-state index in [-0.39, 0.29) is 6.04 Å². The summed E-state index contributed by atoms with van der Waals surface area (Å²) in [5, 5.41) is 3.78. The van der Waals surface area contributed by atoms with E-state index in [1.54, 1.807) is 54.7 Å². The van der Waals surface area contributed by atoms with Gasteiger partial charge in [-0.05, 0) is 78.9 Å². The third kappa shape index (κ3) is 4.99. The van der Waals surface area contributed by atoms with Crippen molar-refractivity contribution in [1.82, 2.24) is 10.3 Å². The monoisotopic (exact) mass is 586 g/mol. The van der Waals surface area contributed by atoms with E-state index in [2.05, 4.69) is 31.0 Å². The molecule has 3 heterocycles. The average Bonchev–Trinajstić information content (AvgIpc) is 3.44. The van der Waals surface area contributed by atoms with Gasteiger partial charge < -0.3 is 14.6 Å². The molecule has 0 bridgehead atoms. The van der Waals surface area contributed by atoms with Crippen molar-refractivity contribution < 1.29 is 17.2 Å². The van der Waals surface area contributed by atoms with Gasteiger partial charge in [-0.2, -0.15) is 0 Å². The van der Waals surface area contributed by atoms with Gasteiger partial charge >= 0.3 is 0 Å². The van der Waals surface area contributed by atoms with Crippen molar-refractivity contribution in [3.8, 4) is 11.3 Å². The highest BCUT2D eigenvalue weighted by Crippen LogP contribution is 2.43. The van der Waals surface area contributed by atoms with Gasteiger partial charge in [0.05, 0.1) is 23.6 Å². The van der Waals surface area contributed by atoms with Crippen LogP contribution in [0.25, 0.3) is 11.3 Å². The maximum atomic E-state index is 14.6. The maximum absolute atomic E-state index is 14.6. The number of furan rings is 1. The first-order valence-electron chi connectivity index (χ1n) is 10.8. The molecule has 184 valence electrons. The summed E-state index contributed by atoms with van der Waals surface area (Å²) >= 11 is 8.98. The fourth-order valence-corrected chi connectivity index (χ4v) is 5.42. The fourth-order valence-electron chi connectivity index (χ4n) is 4.17. The molecule has 7 nitrogen and oxygen atoms in total. The van der Waals surface area contributed by atoms with Gasteiger partial charge in [0.2, 0.25) is 10.0 Å². The molecule has 0 spiro atoms. The molecule has 1 saturated heterocycles. The summed E-state index contributed by atoms with van der Waals surface area (Å²) in [6.07, 6.45) is 2.80. The van der Waals surface area contributed by atoms with E-state index < -0.39 is 21.9 Å². The Hall–Kier alpha value is -3.28. The third-order valence-electron chi connectivity index (χ3n) is 5.66. The number of benzene rings is 2. The maximum Gasteiger partial charge on any atom is 0.229 e. The van der Waals surface area contributed by atoms with Crippen molar-refractivity contribution >= 4 is 54.7 Å². The zero-order valence-electron chi connectivity index (χ0n) is 18.9. The van der Waals surface area contributed by atoms with Gasteiger partial charge in [-0.25, -0.2) is 12.8 Å². The number of nitrogens with zero attached hydrogens (tertiary/aromatic N) is 2. The number of thiocarbonyl (C=S) groups is 1. The lowest BCUT2D eigenvalue weighted by atomic mass is 10.0. The Labute approximate surface area is 221 Å². The molecule has 2 atom stereocenters. The van der Waals surface area contributed by atoms with Crippen LogP contribution < -0.4 is 14.9 Å². The number of hydrogen-bond donors (Lipinski definition) is 2. The Morgan fingerprint density at radius 1 is 1.11 bits per heavy atom. The number of sulfonamides is 1. The second-order valence-corrected chi connectivity index (χ2v) is 11.3. The molecule has 0 unspecified atom stereocenters. The summed E-state index contributed by atoms with van der Waals surface area (Å²) in [6.45, 7) is 0. The Bertz CT molecular complexity index is 1530. The van der Waals surface area contributed by atoms with Gasteiger partial charge in [-0.1, -0.05) is 22.0 Å². The SMILES string of the molecule is CS(=O)(=O)Nc1ccc(N2C(=S)N[C@H](c3ccccn3)[C@@H]2c2ccc(-c3ccc(Br)cc3F)o2)cc1. The van der Waals surface area contributed by atoms with Crippen LogP contribution in [0.15, 0.2) is 87.9 Å². The summed E-state index contributed by atoms with van der Waals surface area (Å²) < 4.78 is 47.1. The predicted octanol–water partition coefficient (Wildman–Crippen LogP) is 5.79. The molecule has 5 rings (SSSR count). The zero-order chi connectivity index (χ0) is 25.4. The summed E-state index contributed by atoms with van der Waals surface area (Å²) in [5.74, 6) is 0.548. The van der Waals surface area contributed by atoms with E-state index in [0.717, 1.165) is 17.6 Å². The highest BCUT2D eigenvalue weighted by molar-refractivity contribution is 9.10. The minimum atomic E-state index is -3.41. The second kappa shape index (κ2) is 9.64. The van der Waals surface area contributed by atoms with E-state index in [9.17, 15) is 12.8 Å². The normalized spacial score (nSPS) is 17.8. The number of nitrogens with one attached hydrogen (secondary N) is 2. The van der Waals surface area contributed by atoms with Crippen molar-refractivity contribution in [2.45, 2.75) is 12.1 Å². The van der Waals surface area contributed by atoms with Gasteiger partial charge in [-0.15, -0.1) is 0 Å². The lowest BCUT2D eigenvalue weighted by Crippen LogP contribution is -2.29. The number of aromatic nitrogens is 1. The average molecular weight is 587 g/mol. The Kier molecular flexibility index (Phi) is 6.54. The number of hydrogen-bond acceptors (Lipinski definition) is 5. The van der Waals surface area contributed by atoms with Gasteiger partial charge in [0.25, 0.3) is 0 Å². The van der Waals surface area contributed by atoms with Gasteiger partial charge in [0.15, 0.2) is 5.11 Å². The van der Waals surface area contributed by atoms with Crippen LogP contribution in [0.3, 0.4) is 0 Å². The molecule has 36 heavy (non-hydrogen) atoms. The van der Waals surface area contributed by atoms with Crippen LogP contribution in [0.1, 0.15) is 23.5 Å². The summed E-state index contributed by atoms with van der Waals surface area (Å²) in [7, 11) is -3.41. The molecule has 11 heteroatoms. The largest absolute Gasteiger partial charge is 0.459 e. The highest BCUT2D eigenvalue weighted by atomic mass is 79.9. The Morgan fingerprint density at radius 3 is 2.56 bits per heavy atom. The van der Waals surface area contributed by atoms with Gasteiger partial charge in [0, 0.05) is 22.0 Å². The van der Waals surface area contributed by atoms with Crippen molar-refractivity contribution in [2.75, 3.05) is 15.9 Å². The Balaban J connectivity index is 1.56. The first-order chi connectivity index (χ1) is 17.2. The van der Waals surface area contributed by atoms with E-state index in [0.29, 0.717) is 32.4 Å². The number of rotatable bonds is 6. The van der Waals surface area contributed by atoms with Gasteiger partial charge in [0.1, 0.15) is 23.4 Å². The zero-order valence-corrected chi connectivity index (χ0v) is 22.1. The molecular weight excluding hydrogens is 567 g/mol. The predicted molar refractivity (Wildman–Crippen MR) is 145 cm³/mol. The van der Waals surface area contributed by atoms with E-state index in [1.165, 1.54) is 6.07 Å². The summed E-state index contributed by atoms with van der Waals surface area (Å²) in [5.41, 5.74) is 2.26. The molecule has 2 N–H and O–H groups in total. The lowest BCUT2D eigenvalue weighted by Gasteiger charge is -2.26. The molecule has 2 aromatic heterocycles. The van der Waals surface area contributed by atoms with Crippen LogP contribution in [0.4, 0.5) is 15.8 Å². The smallest absolute Gasteiger partial charge is 0.229 e. The summed E-state index contributed by atoms with van der Waals surface area (Å²) in [4.78, 5) is 6.40. The molecule has 0 saturated carbocycles. The molecule has 1 aliphatic heterocycles. The van der Waals surface area contributed by atoms with Gasteiger partial charge in [-0.3, -0.25) is 9.71 Å². The second-order valence-electron chi connectivity index (χ2n) is 8.24. The van der Waals surface area contributed by atoms with Crippen molar-refractivity contribution in [3.63, 3.8) is 0 Å². The molecule has 0 aliphatic carbocycles. The van der Waals surface area contributed by atoms with Crippen molar-refractivity contribution in [2.24, 2.45) is 0 Å². The van der Waals surface area contributed by atoms with Crippen LogP contribution in [-0.2, 0) is 10.0 Å². The van der Waals surface area contributed by atoms with Crippen LogP contribution in [0.5, 0.6) is 0 Å². The van der Waals surface area contributed by atoms with E-state index >= 15 is 0 Å².